The Balaban J connectivity index is 1.48. The molecule has 2 aliphatic rings. The second-order valence-electron chi connectivity index (χ2n) is 9.44. The van der Waals surface area contributed by atoms with Crippen LogP contribution in [0.4, 0.5) is 4.79 Å². The first kappa shape index (κ1) is 24.9. The van der Waals surface area contributed by atoms with E-state index >= 15 is 0 Å². The lowest BCUT2D eigenvalue weighted by Crippen LogP contribution is -2.47. The van der Waals surface area contributed by atoms with Crippen molar-refractivity contribution >= 4 is 11.9 Å². The topological polar surface area (TPSA) is 71.1 Å². The minimum Gasteiger partial charge on any atom is -0.493 e. The van der Waals surface area contributed by atoms with Crippen molar-refractivity contribution in [3.8, 4) is 11.5 Å². The number of nitrogens with one attached hydrogen (secondary N) is 1. The van der Waals surface area contributed by atoms with Crippen molar-refractivity contribution in [1.29, 1.82) is 0 Å². The summed E-state index contributed by atoms with van der Waals surface area (Å²) in [6.45, 7) is 0.898. The highest BCUT2D eigenvalue weighted by atomic mass is 16.5. The Morgan fingerprint density at radius 2 is 1.71 bits per heavy atom. The molecule has 7 heteroatoms. The van der Waals surface area contributed by atoms with Gasteiger partial charge in [0.1, 0.15) is 0 Å². The predicted molar refractivity (Wildman–Crippen MR) is 136 cm³/mol. The van der Waals surface area contributed by atoms with E-state index in [-0.39, 0.29) is 18.0 Å². The SMILES string of the molecule is COc1cc2c(cc1OC)[C@@H](c1ccccc1)N(C(=O)NCCC(=O)N(C)C1CCCCC1)CC2. The van der Waals surface area contributed by atoms with Gasteiger partial charge in [-0.05, 0) is 48.1 Å². The standard InChI is InChI=1S/C28H37N3O4/c1-30(22-12-8-5-9-13-22)26(32)14-16-29-28(33)31-17-15-21-18-24(34-2)25(35-3)19-23(21)27(31)20-10-6-4-7-11-20/h4,6-7,10-11,18-19,22,27H,5,8-9,12-17H2,1-3H3,(H,29,33)/t27-/m1/s1. The third-order valence-electron chi connectivity index (χ3n) is 7.38. The molecule has 1 saturated carbocycles. The monoisotopic (exact) mass is 479 g/mol. The summed E-state index contributed by atoms with van der Waals surface area (Å²) >= 11 is 0. The molecule has 1 N–H and O–H groups in total. The van der Waals surface area contributed by atoms with Gasteiger partial charge in [-0.25, -0.2) is 4.79 Å². The van der Waals surface area contributed by atoms with E-state index in [1.807, 2.05) is 59.3 Å². The normalized spacial score (nSPS) is 17.9. The van der Waals surface area contributed by atoms with Gasteiger partial charge in [0.05, 0.1) is 20.3 Å². The van der Waals surface area contributed by atoms with Crippen LogP contribution in [0.15, 0.2) is 42.5 Å². The third-order valence-corrected chi connectivity index (χ3v) is 7.38. The molecule has 0 unspecified atom stereocenters. The summed E-state index contributed by atoms with van der Waals surface area (Å²) in [5.41, 5.74) is 3.21. The minimum absolute atomic E-state index is 0.0950. The minimum atomic E-state index is -0.250. The van der Waals surface area contributed by atoms with Gasteiger partial charge < -0.3 is 24.6 Å². The van der Waals surface area contributed by atoms with Crippen LogP contribution in [0.3, 0.4) is 0 Å². The molecule has 1 aliphatic carbocycles. The maximum absolute atomic E-state index is 13.4. The fraction of sp³-hybridized carbons (Fsp3) is 0.500. The molecule has 7 nitrogen and oxygen atoms in total. The number of hydrogen-bond donors (Lipinski definition) is 1. The Kier molecular flexibility index (Phi) is 8.16. The van der Waals surface area contributed by atoms with Gasteiger partial charge in [0.15, 0.2) is 11.5 Å². The van der Waals surface area contributed by atoms with E-state index in [0.717, 1.165) is 36.0 Å². The molecule has 3 amide bonds. The fourth-order valence-electron chi connectivity index (χ4n) is 5.39. The molecule has 0 saturated heterocycles. The summed E-state index contributed by atoms with van der Waals surface area (Å²) in [7, 11) is 5.15. The Labute approximate surface area is 208 Å². The molecule has 1 atom stereocenters. The predicted octanol–water partition coefficient (Wildman–Crippen LogP) is 4.54. The molecular formula is C28H37N3O4. The van der Waals surface area contributed by atoms with E-state index < -0.39 is 0 Å². The highest BCUT2D eigenvalue weighted by Gasteiger charge is 2.33. The lowest BCUT2D eigenvalue weighted by Gasteiger charge is -2.38. The van der Waals surface area contributed by atoms with Gasteiger partial charge in [-0.2, -0.15) is 0 Å². The van der Waals surface area contributed by atoms with E-state index in [0.29, 0.717) is 37.1 Å². The Bertz CT molecular complexity index is 1020. The van der Waals surface area contributed by atoms with Crippen molar-refractivity contribution in [2.45, 2.75) is 57.0 Å². The lowest BCUT2D eigenvalue weighted by atomic mass is 9.88. The number of carbonyl (C=O) groups excluding carboxylic acids is 2. The summed E-state index contributed by atoms with van der Waals surface area (Å²) in [5.74, 6) is 1.43. The van der Waals surface area contributed by atoms with E-state index in [1.165, 1.54) is 19.3 Å². The molecule has 2 aromatic carbocycles. The van der Waals surface area contributed by atoms with Crippen LogP contribution in [-0.4, -0.2) is 62.1 Å². The second kappa shape index (κ2) is 11.5. The number of nitrogens with zero attached hydrogens (tertiary/aromatic N) is 2. The summed E-state index contributed by atoms with van der Waals surface area (Å²) in [5, 5.41) is 3.01. The molecule has 2 aromatic rings. The van der Waals surface area contributed by atoms with Gasteiger partial charge >= 0.3 is 6.03 Å². The molecule has 0 radical (unpaired) electrons. The third kappa shape index (κ3) is 5.55. The first-order valence-corrected chi connectivity index (χ1v) is 12.6. The molecule has 0 spiro atoms. The van der Waals surface area contributed by atoms with Gasteiger partial charge in [-0.15, -0.1) is 0 Å². The average molecular weight is 480 g/mol. The summed E-state index contributed by atoms with van der Waals surface area (Å²) in [6.07, 6.45) is 6.82. The molecule has 1 heterocycles. The van der Waals surface area contributed by atoms with Crippen molar-refractivity contribution < 1.29 is 19.1 Å². The van der Waals surface area contributed by atoms with Crippen molar-refractivity contribution in [3.63, 3.8) is 0 Å². The van der Waals surface area contributed by atoms with Crippen molar-refractivity contribution in [2.75, 3.05) is 34.4 Å². The molecule has 0 bridgehead atoms. The van der Waals surface area contributed by atoms with Crippen molar-refractivity contribution in [2.24, 2.45) is 0 Å². The van der Waals surface area contributed by atoms with E-state index in [4.69, 9.17) is 9.47 Å². The highest BCUT2D eigenvalue weighted by molar-refractivity contribution is 5.79. The first-order chi connectivity index (χ1) is 17.0. The van der Waals surface area contributed by atoms with Gasteiger partial charge in [0.2, 0.25) is 5.91 Å². The molecule has 1 fully saturated rings. The number of hydrogen-bond acceptors (Lipinski definition) is 4. The molecule has 0 aromatic heterocycles. The Morgan fingerprint density at radius 1 is 1.03 bits per heavy atom. The van der Waals surface area contributed by atoms with Crippen molar-refractivity contribution in [3.05, 3.63) is 59.2 Å². The largest absolute Gasteiger partial charge is 0.493 e. The Morgan fingerprint density at radius 3 is 2.40 bits per heavy atom. The van der Waals surface area contributed by atoms with Crippen LogP contribution < -0.4 is 14.8 Å². The smallest absolute Gasteiger partial charge is 0.318 e. The Hall–Kier alpha value is -3.22. The number of methoxy groups -OCH3 is 2. The maximum Gasteiger partial charge on any atom is 0.318 e. The van der Waals surface area contributed by atoms with Gasteiger partial charge in [0, 0.05) is 32.6 Å². The number of urea groups is 1. The van der Waals surface area contributed by atoms with E-state index in [9.17, 15) is 9.59 Å². The van der Waals surface area contributed by atoms with Crippen LogP contribution in [0.1, 0.15) is 61.3 Å². The zero-order valence-electron chi connectivity index (χ0n) is 21.1. The quantitative estimate of drug-likeness (QED) is 0.633. The van der Waals surface area contributed by atoms with Crippen LogP contribution in [0.5, 0.6) is 11.5 Å². The first-order valence-electron chi connectivity index (χ1n) is 12.6. The number of ether oxygens (including phenoxy) is 2. The number of carbonyl (C=O) groups is 2. The molecule has 4 rings (SSSR count). The van der Waals surface area contributed by atoms with Crippen LogP contribution in [0.2, 0.25) is 0 Å². The van der Waals surface area contributed by atoms with E-state index in [2.05, 4.69) is 5.32 Å². The summed E-state index contributed by atoms with van der Waals surface area (Å²) < 4.78 is 11.1. The van der Waals surface area contributed by atoms with Crippen LogP contribution in [-0.2, 0) is 11.2 Å². The highest BCUT2D eigenvalue weighted by Crippen LogP contribution is 2.41. The zero-order valence-corrected chi connectivity index (χ0v) is 21.1. The average Bonchev–Trinajstić information content (AvgIpc) is 2.91. The number of fused-ring (bicyclic) bond motifs is 1. The number of benzene rings is 2. The molecule has 35 heavy (non-hydrogen) atoms. The second-order valence-corrected chi connectivity index (χ2v) is 9.44. The molecule has 1 aliphatic heterocycles. The number of amides is 3. The van der Waals surface area contributed by atoms with Crippen LogP contribution in [0.25, 0.3) is 0 Å². The lowest BCUT2D eigenvalue weighted by molar-refractivity contribution is -0.132. The maximum atomic E-state index is 13.4. The fourth-order valence-corrected chi connectivity index (χ4v) is 5.39. The summed E-state index contributed by atoms with van der Waals surface area (Å²) in [6, 6.07) is 13.9. The summed E-state index contributed by atoms with van der Waals surface area (Å²) in [4.78, 5) is 29.8. The molecule has 188 valence electrons. The van der Waals surface area contributed by atoms with Crippen LogP contribution in [0, 0.1) is 0 Å². The zero-order chi connectivity index (χ0) is 24.8. The molecular weight excluding hydrogens is 442 g/mol. The number of rotatable bonds is 7. The van der Waals surface area contributed by atoms with Crippen molar-refractivity contribution in [1.82, 2.24) is 15.1 Å². The van der Waals surface area contributed by atoms with E-state index in [1.54, 1.807) is 14.2 Å². The van der Waals surface area contributed by atoms with Crippen LogP contribution >= 0.6 is 0 Å². The van der Waals surface area contributed by atoms with Gasteiger partial charge in [-0.1, -0.05) is 49.6 Å². The van der Waals surface area contributed by atoms with Gasteiger partial charge in [-0.3, -0.25) is 4.79 Å². The van der Waals surface area contributed by atoms with Gasteiger partial charge in [0.25, 0.3) is 0 Å².